The Morgan fingerprint density at radius 3 is 2.67 bits per heavy atom. The number of rotatable bonds is 7. The number of amides is 1. The van der Waals surface area contributed by atoms with E-state index in [-0.39, 0.29) is 11.7 Å². The van der Waals surface area contributed by atoms with Gasteiger partial charge in [-0.3, -0.25) is 4.79 Å². The second-order valence-corrected chi connectivity index (χ2v) is 7.36. The van der Waals surface area contributed by atoms with E-state index < -0.39 is 0 Å². The van der Waals surface area contributed by atoms with Crippen LogP contribution in [0.25, 0.3) is 0 Å². The Morgan fingerprint density at radius 1 is 1.15 bits per heavy atom. The summed E-state index contributed by atoms with van der Waals surface area (Å²) in [6.07, 6.45) is 2.35. The molecule has 0 saturated heterocycles. The van der Waals surface area contributed by atoms with Crippen molar-refractivity contribution < 1.29 is 9.53 Å². The molecule has 0 aliphatic heterocycles. The number of anilines is 1. The number of carbonyl (C=O) groups is 1. The van der Waals surface area contributed by atoms with Gasteiger partial charge in [0.05, 0.1) is 11.4 Å². The van der Waals surface area contributed by atoms with Crippen LogP contribution in [-0.2, 0) is 11.8 Å². The molecule has 0 radical (unpaired) electrons. The van der Waals surface area contributed by atoms with E-state index in [1.54, 1.807) is 0 Å². The summed E-state index contributed by atoms with van der Waals surface area (Å²) in [6.45, 7) is 0. The molecule has 6 nitrogen and oxygen atoms in total. The lowest BCUT2D eigenvalue weighted by Crippen LogP contribution is -2.15. The molecular formula is C20H20N4O2S. The Hall–Kier alpha value is -2.80. The highest BCUT2D eigenvalue weighted by Gasteiger charge is 2.29. The summed E-state index contributed by atoms with van der Waals surface area (Å²) in [5.74, 6) is 3.03. The largest absolute Gasteiger partial charge is 0.455 e. The first-order valence-corrected chi connectivity index (χ1v) is 9.83. The fraction of sp³-hybridized carbons (Fsp3) is 0.250. The Balaban J connectivity index is 1.38. The van der Waals surface area contributed by atoms with Crippen molar-refractivity contribution in [2.45, 2.75) is 23.9 Å². The van der Waals surface area contributed by atoms with E-state index in [0.717, 1.165) is 16.7 Å². The molecule has 0 bridgehead atoms. The summed E-state index contributed by atoms with van der Waals surface area (Å²) in [6, 6.07) is 16.9. The number of para-hydroxylation sites is 3. The average Bonchev–Trinajstić information content (AvgIpc) is 3.46. The molecule has 4 rings (SSSR count). The first-order chi connectivity index (χ1) is 13.2. The lowest BCUT2D eigenvalue weighted by atomic mass is 10.3. The zero-order chi connectivity index (χ0) is 18.6. The second-order valence-electron chi connectivity index (χ2n) is 6.42. The number of carbonyl (C=O) groups excluding carboxylic acids is 1. The predicted octanol–water partition coefficient (Wildman–Crippen LogP) is 4.22. The standard InChI is InChI=1S/C20H20N4O2S/c1-24-19(14-11-12-14)22-23-20(24)27-13-18(25)21-16-9-5-6-10-17(16)26-15-7-3-2-4-8-15/h2-10,14H,11-13H2,1H3,(H,21,25). The van der Waals surface area contributed by atoms with Gasteiger partial charge in [0.2, 0.25) is 5.91 Å². The van der Waals surface area contributed by atoms with Crippen molar-refractivity contribution in [2.24, 2.45) is 7.05 Å². The van der Waals surface area contributed by atoms with Crippen LogP contribution >= 0.6 is 11.8 Å². The van der Waals surface area contributed by atoms with Gasteiger partial charge in [-0.15, -0.1) is 10.2 Å². The van der Waals surface area contributed by atoms with Gasteiger partial charge in [0.15, 0.2) is 10.9 Å². The van der Waals surface area contributed by atoms with Gasteiger partial charge in [-0.1, -0.05) is 42.1 Å². The Morgan fingerprint density at radius 2 is 1.89 bits per heavy atom. The SMILES string of the molecule is Cn1c(SCC(=O)Nc2ccccc2Oc2ccccc2)nnc1C1CC1. The number of nitrogens with zero attached hydrogens (tertiary/aromatic N) is 3. The van der Waals surface area contributed by atoms with Crippen LogP contribution in [0.4, 0.5) is 5.69 Å². The second kappa shape index (κ2) is 7.84. The van der Waals surface area contributed by atoms with Crippen LogP contribution in [0.1, 0.15) is 24.6 Å². The minimum atomic E-state index is -0.111. The van der Waals surface area contributed by atoms with Gasteiger partial charge in [-0.05, 0) is 37.1 Å². The van der Waals surface area contributed by atoms with E-state index >= 15 is 0 Å². The van der Waals surface area contributed by atoms with Crippen LogP contribution in [0.3, 0.4) is 0 Å². The average molecular weight is 380 g/mol. The molecule has 1 aliphatic rings. The molecule has 1 aromatic heterocycles. The number of hydrogen-bond donors (Lipinski definition) is 1. The molecule has 0 spiro atoms. The summed E-state index contributed by atoms with van der Waals surface area (Å²) in [5.41, 5.74) is 0.642. The molecule has 7 heteroatoms. The lowest BCUT2D eigenvalue weighted by Gasteiger charge is -2.12. The van der Waals surface area contributed by atoms with Gasteiger partial charge < -0.3 is 14.6 Å². The summed E-state index contributed by atoms with van der Waals surface area (Å²) < 4.78 is 7.87. The number of ether oxygens (including phenoxy) is 1. The molecule has 1 fully saturated rings. The molecule has 27 heavy (non-hydrogen) atoms. The molecule has 0 unspecified atom stereocenters. The van der Waals surface area contributed by atoms with Gasteiger partial charge in [0.25, 0.3) is 0 Å². The fourth-order valence-corrected chi connectivity index (χ4v) is 3.46. The van der Waals surface area contributed by atoms with E-state index in [0.29, 0.717) is 17.4 Å². The smallest absolute Gasteiger partial charge is 0.234 e. The van der Waals surface area contributed by atoms with Gasteiger partial charge >= 0.3 is 0 Å². The Kier molecular flexibility index (Phi) is 5.11. The highest BCUT2D eigenvalue weighted by atomic mass is 32.2. The monoisotopic (exact) mass is 380 g/mol. The molecule has 138 valence electrons. The van der Waals surface area contributed by atoms with Gasteiger partial charge in [0.1, 0.15) is 11.6 Å². The topological polar surface area (TPSA) is 69.0 Å². The molecule has 2 aromatic carbocycles. The van der Waals surface area contributed by atoms with E-state index in [9.17, 15) is 4.79 Å². The highest BCUT2D eigenvalue weighted by Crippen LogP contribution is 2.39. The van der Waals surface area contributed by atoms with Crippen LogP contribution in [0.15, 0.2) is 59.8 Å². The van der Waals surface area contributed by atoms with Crippen LogP contribution < -0.4 is 10.1 Å². The van der Waals surface area contributed by atoms with Gasteiger partial charge in [0, 0.05) is 13.0 Å². The molecule has 3 aromatic rings. The van der Waals surface area contributed by atoms with Crippen molar-refractivity contribution in [3.05, 3.63) is 60.4 Å². The molecule has 1 aliphatic carbocycles. The zero-order valence-corrected chi connectivity index (χ0v) is 15.8. The van der Waals surface area contributed by atoms with Gasteiger partial charge in [-0.2, -0.15) is 0 Å². The maximum atomic E-state index is 12.4. The molecule has 1 saturated carbocycles. The maximum absolute atomic E-state index is 12.4. The first kappa shape index (κ1) is 17.6. The van der Waals surface area contributed by atoms with Crippen molar-refractivity contribution in [1.82, 2.24) is 14.8 Å². The molecule has 1 N–H and O–H groups in total. The number of benzene rings is 2. The third kappa shape index (κ3) is 4.31. The van der Waals surface area contributed by atoms with Crippen LogP contribution in [0, 0.1) is 0 Å². The Bertz CT molecular complexity index is 938. The van der Waals surface area contributed by atoms with Crippen molar-refractivity contribution in [1.29, 1.82) is 0 Å². The number of hydrogen-bond acceptors (Lipinski definition) is 5. The minimum absolute atomic E-state index is 0.111. The fourth-order valence-electron chi connectivity index (χ4n) is 2.74. The normalized spacial score (nSPS) is 13.4. The predicted molar refractivity (Wildman–Crippen MR) is 105 cm³/mol. The number of aromatic nitrogens is 3. The van der Waals surface area contributed by atoms with E-state index in [1.165, 1.54) is 24.6 Å². The zero-order valence-electron chi connectivity index (χ0n) is 15.0. The molecule has 1 amide bonds. The molecule has 0 atom stereocenters. The third-order valence-electron chi connectivity index (χ3n) is 4.28. The van der Waals surface area contributed by atoms with E-state index in [4.69, 9.17) is 4.74 Å². The van der Waals surface area contributed by atoms with Crippen molar-refractivity contribution in [2.75, 3.05) is 11.1 Å². The first-order valence-electron chi connectivity index (χ1n) is 8.84. The number of thioether (sulfide) groups is 1. The maximum Gasteiger partial charge on any atom is 0.234 e. The van der Waals surface area contributed by atoms with Crippen LogP contribution in [-0.4, -0.2) is 26.4 Å². The Labute approximate surface area is 162 Å². The van der Waals surface area contributed by atoms with E-state index in [1.807, 2.05) is 66.2 Å². The molecular weight excluding hydrogens is 360 g/mol. The van der Waals surface area contributed by atoms with Crippen LogP contribution in [0.5, 0.6) is 11.5 Å². The molecule has 1 heterocycles. The number of nitrogens with one attached hydrogen (secondary N) is 1. The minimum Gasteiger partial charge on any atom is -0.455 e. The summed E-state index contributed by atoms with van der Waals surface area (Å²) in [4.78, 5) is 12.4. The lowest BCUT2D eigenvalue weighted by molar-refractivity contribution is -0.113. The summed E-state index contributed by atoms with van der Waals surface area (Å²) in [5, 5.41) is 12.1. The van der Waals surface area contributed by atoms with Crippen molar-refractivity contribution in [3.63, 3.8) is 0 Å². The quantitative estimate of drug-likeness (QED) is 0.622. The summed E-state index contributed by atoms with van der Waals surface area (Å²) in [7, 11) is 1.96. The van der Waals surface area contributed by atoms with Crippen molar-refractivity contribution >= 4 is 23.4 Å². The van der Waals surface area contributed by atoms with Crippen molar-refractivity contribution in [3.8, 4) is 11.5 Å². The van der Waals surface area contributed by atoms with Gasteiger partial charge in [-0.25, -0.2) is 0 Å². The van der Waals surface area contributed by atoms with Crippen LogP contribution in [0.2, 0.25) is 0 Å². The highest BCUT2D eigenvalue weighted by molar-refractivity contribution is 7.99. The van der Waals surface area contributed by atoms with E-state index in [2.05, 4.69) is 15.5 Å². The summed E-state index contributed by atoms with van der Waals surface area (Å²) >= 11 is 1.39. The third-order valence-corrected chi connectivity index (χ3v) is 5.30.